The van der Waals surface area contributed by atoms with Crippen LogP contribution in [0.4, 0.5) is 13.2 Å². The van der Waals surface area contributed by atoms with Crippen LogP contribution in [0, 0.1) is 34.0 Å². The zero-order valence-electron chi connectivity index (χ0n) is 11.5. The summed E-state index contributed by atoms with van der Waals surface area (Å²) in [6.45, 7) is 0. The Labute approximate surface area is 121 Å². The van der Waals surface area contributed by atoms with Gasteiger partial charge in [-0.2, -0.15) is 23.7 Å². The smallest absolute Gasteiger partial charge is 0.197 e. The lowest BCUT2D eigenvalue weighted by atomic mass is 9.70. The maximum absolute atomic E-state index is 12.5. The van der Waals surface area contributed by atoms with Crippen LogP contribution in [0.15, 0.2) is 24.3 Å². The molecule has 2 rings (SSSR count). The summed E-state index contributed by atoms with van der Waals surface area (Å²) in [5.74, 6) is 0.388. The van der Waals surface area contributed by atoms with E-state index in [9.17, 15) is 23.7 Å². The molecule has 0 radical (unpaired) electrons. The van der Waals surface area contributed by atoms with E-state index >= 15 is 0 Å². The van der Waals surface area contributed by atoms with Crippen LogP contribution in [0.3, 0.4) is 0 Å². The van der Waals surface area contributed by atoms with Gasteiger partial charge in [0, 0.05) is 6.42 Å². The monoisotopic (exact) mass is 292 g/mol. The van der Waals surface area contributed by atoms with E-state index in [1.165, 1.54) is 12.1 Å². The van der Waals surface area contributed by atoms with Gasteiger partial charge in [0.1, 0.15) is 5.41 Å². The number of rotatable bonds is 4. The Hall–Kier alpha value is -2.01. The molecule has 1 fully saturated rings. The first kappa shape index (κ1) is 15.4. The van der Waals surface area contributed by atoms with Crippen molar-refractivity contribution in [3.05, 3.63) is 35.4 Å². The van der Waals surface area contributed by atoms with Crippen molar-refractivity contribution in [2.45, 2.75) is 38.3 Å². The Morgan fingerprint density at radius 1 is 1.05 bits per heavy atom. The lowest BCUT2D eigenvalue weighted by Crippen LogP contribution is -2.26. The molecule has 0 aliphatic heterocycles. The van der Waals surface area contributed by atoms with Crippen LogP contribution in [0.25, 0.3) is 0 Å². The standard InChI is InChI=1S/C16H15F3N2/c17-16(18,19)14-6-4-13(5-7-14)9-15(10-20,11-21)8-12-2-1-3-12/h4-7,12H,1-3,8-9H2. The number of hydrogen-bond donors (Lipinski definition) is 0. The number of alkyl halides is 3. The van der Waals surface area contributed by atoms with Gasteiger partial charge in [-0.3, -0.25) is 0 Å². The summed E-state index contributed by atoms with van der Waals surface area (Å²) in [6, 6.07) is 8.85. The number of halogens is 3. The highest BCUT2D eigenvalue weighted by atomic mass is 19.4. The number of hydrogen-bond acceptors (Lipinski definition) is 2. The molecule has 0 heterocycles. The summed E-state index contributed by atoms with van der Waals surface area (Å²) in [6.07, 6.45) is -0.518. The lowest BCUT2D eigenvalue weighted by Gasteiger charge is -2.31. The average Bonchev–Trinajstić information content (AvgIpc) is 2.41. The lowest BCUT2D eigenvalue weighted by molar-refractivity contribution is -0.137. The summed E-state index contributed by atoms with van der Waals surface area (Å²) in [5.41, 5.74) is -1.26. The van der Waals surface area contributed by atoms with E-state index in [2.05, 4.69) is 12.1 Å². The minimum absolute atomic E-state index is 0.175. The Balaban J connectivity index is 2.14. The maximum Gasteiger partial charge on any atom is 0.416 e. The topological polar surface area (TPSA) is 47.6 Å². The SMILES string of the molecule is N#CC(C#N)(Cc1ccc(C(F)(F)F)cc1)CC1CCC1. The van der Waals surface area contributed by atoms with E-state index in [1.807, 2.05) is 0 Å². The van der Waals surface area contributed by atoms with Gasteiger partial charge in [0.2, 0.25) is 0 Å². The van der Waals surface area contributed by atoms with E-state index in [0.717, 1.165) is 31.4 Å². The van der Waals surface area contributed by atoms with E-state index < -0.39 is 17.2 Å². The molecule has 0 spiro atoms. The van der Waals surface area contributed by atoms with Crippen LogP contribution >= 0.6 is 0 Å². The van der Waals surface area contributed by atoms with E-state index in [-0.39, 0.29) is 6.42 Å². The molecule has 1 saturated carbocycles. The molecule has 1 aromatic carbocycles. The summed E-state index contributed by atoms with van der Waals surface area (Å²) in [5, 5.41) is 18.7. The normalized spacial score (nSPS) is 15.9. The average molecular weight is 292 g/mol. The predicted octanol–water partition coefficient (Wildman–Crippen LogP) is 4.47. The van der Waals surface area contributed by atoms with Gasteiger partial charge < -0.3 is 0 Å². The molecule has 0 amide bonds. The summed E-state index contributed by atoms with van der Waals surface area (Å²) >= 11 is 0. The molecule has 0 bridgehead atoms. The maximum atomic E-state index is 12.5. The van der Waals surface area contributed by atoms with Gasteiger partial charge in [0.25, 0.3) is 0 Å². The van der Waals surface area contributed by atoms with Gasteiger partial charge in [-0.1, -0.05) is 31.4 Å². The molecule has 2 nitrogen and oxygen atoms in total. The van der Waals surface area contributed by atoms with Crippen molar-refractivity contribution < 1.29 is 13.2 Å². The van der Waals surface area contributed by atoms with Crippen LogP contribution < -0.4 is 0 Å². The minimum atomic E-state index is -4.37. The highest BCUT2D eigenvalue weighted by molar-refractivity contribution is 5.29. The van der Waals surface area contributed by atoms with Gasteiger partial charge in [0.15, 0.2) is 0 Å². The first-order valence-corrected chi connectivity index (χ1v) is 6.87. The van der Waals surface area contributed by atoms with Crippen molar-refractivity contribution in [2.75, 3.05) is 0 Å². The molecule has 110 valence electrons. The van der Waals surface area contributed by atoms with Crippen molar-refractivity contribution in [1.82, 2.24) is 0 Å². The second-order valence-corrected chi connectivity index (χ2v) is 5.68. The highest BCUT2D eigenvalue weighted by Gasteiger charge is 2.36. The van der Waals surface area contributed by atoms with Crippen LogP contribution in [0.5, 0.6) is 0 Å². The fourth-order valence-corrected chi connectivity index (χ4v) is 2.62. The van der Waals surface area contributed by atoms with E-state index in [1.54, 1.807) is 0 Å². The van der Waals surface area contributed by atoms with Crippen LogP contribution in [-0.2, 0) is 12.6 Å². The highest BCUT2D eigenvalue weighted by Crippen LogP contribution is 2.39. The van der Waals surface area contributed by atoms with Crippen molar-refractivity contribution in [2.24, 2.45) is 11.3 Å². The van der Waals surface area contributed by atoms with Gasteiger partial charge in [-0.25, -0.2) is 0 Å². The number of benzene rings is 1. The third-order valence-corrected chi connectivity index (χ3v) is 4.08. The molecule has 0 saturated heterocycles. The third kappa shape index (κ3) is 3.55. The molecule has 0 unspecified atom stereocenters. The van der Waals surface area contributed by atoms with Crippen molar-refractivity contribution in [3.63, 3.8) is 0 Å². The Bertz CT molecular complexity index is 558. The predicted molar refractivity (Wildman–Crippen MR) is 70.8 cm³/mol. The molecule has 0 atom stereocenters. The molecule has 0 aromatic heterocycles. The molecule has 1 aliphatic rings. The van der Waals surface area contributed by atoms with Crippen LogP contribution in [0.1, 0.15) is 36.8 Å². The van der Waals surface area contributed by atoms with Crippen LogP contribution in [-0.4, -0.2) is 0 Å². The Morgan fingerprint density at radius 2 is 1.62 bits per heavy atom. The largest absolute Gasteiger partial charge is 0.416 e. The fraction of sp³-hybridized carbons (Fsp3) is 0.500. The first-order chi connectivity index (χ1) is 9.88. The van der Waals surface area contributed by atoms with Gasteiger partial charge in [0.05, 0.1) is 17.7 Å². The Kier molecular flexibility index (Phi) is 4.23. The molecule has 1 aromatic rings. The van der Waals surface area contributed by atoms with Crippen LogP contribution in [0.2, 0.25) is 0 Å². The second-order valence-electron chi connectivity index (χ2n) is 5.68. The zero-order valence-corrected chi connectivity index (χ0v) is 11.5. The first-order valence-electron chi connectivity index (χ1n) is 6.87. The summed E-state index contributed by atoms with van der Waals surface area (Å²) in [7, 11) is 0. The summed E-state index contributed by atoms with van der Waals surface area (Å²) < 4.78 is 37.5. The molecular weight excluding hydrogens is 277 g/mol. The quantitative estimate of drug-likeness (QED) is 0.822. The minimum Gasteiger partial charge on any atom is -0.197 e. The Morgan fingerprint density at radius 3 is 2.00 bits per heavy atom. The van der Waals surface area contributed by atoms with Gasteiger partial charge >= 0.3 is 6.18 Å². The number of nitrogens with zero attached hydrogens (tertiary/aromatic N) is 2. The molecule has 21 heavy (non-hydrogen) atoms. The fourth-order valence-electron chi connectivity index (χ4n) is 2.62. The molecule has 1 aliphatic carbocycles. The third-order valence-electron chi connectivity index (χ3n) is 4.08. The second kappa shape index (κ2) is 5.77. The zero-order chi connectivity index (χ0) is 15.5. The van der Waals surface area contributed by atoms with Crippen molar-refractivity contribution >= 4 is 0 Å². The number of nitriles is 2. The summed E-state index contributed by atoms with van der Waals surface area (Å²) in [4.78, 5) is 0. The van der Waals surface area contributed by atoms with Crippen molar-refractivity contribution in [1.29, 1.82) is 10.5 Å². The van der Waals surface area contributed by atoms with E-state index in [4.69, 9.17) is 0 Å². The van der Waals surface area contributed by atoms with E-state index in [0.29, 0.717) is 17.9 Å². The van der Waals surface area contributed by atoms with Gasteiger partial charge in [-0.05, 0) is 30.0 Å². The molecule has 0 N–H and O–H groups in total. The molecular formula is C16H15F3N2. The van der Waals surface area contributed by atoms with Crippen molar-refractivity contribution in [3.8, 4) is 12.1 Å². The molecule has 5 heteroatoms. The van der Waals surface area contributed by atoms with Gasteiger partial charge in [-0.15, -0.1) is 0 Å².